The number of aromatic nitrogens is 2. The van der Waals surface area contributed by atoms with Crippen LogP contribution in [0, 0.1) is 0 Å². The van der Waals surface area contributed by atoms with Crippen LogP contribution in [0.1, 0.15) is 22.3 Å². The Labute approximate surface area is 120 Å². The highest BCUT2D eigenvalue weighted by atomic mass is 32.1. The van der Waals surface area contributed by atoms with E-state index in [1.807, 2.05) is 49.4 Å². The fourth-order valence-corrected chi connectivity index (χ4v) is 2.62. The van der Waals surface area contributed by atoms with Crippen LogP contribution in [0.2, 0.25) is 0 Å². The van der Waals surface area contributed by atoms with Crippen molar-refractivity contribution in [3.05, 3.63) is 53.0 Å². The summed E-state index contributed by atoms with van der Waals surface area (Å²) in [5, 5.41) is 14.3. The van der Waals surface area contributed by atoms with Crippen molar-refractivity contribution in [3.8, 4) is 0 Å². The molecule has 3 rings (SSSR count). The summed E-state index contributed by atoms with van der Waals surface area (Å²) in [6, 6.07) is 13.6. The van der Waals surface area contributed by atoms with Crippen LogP contribution in [-0.2, 0) is 6.42 Å². The van der Waals surface area contributed by atoms with Gasteiger partial charge in [0.2, 0.25) is 5.13 Å². The summed E-state index contributed by atoms with van der Waals surface area (Å²) in [5.41, 5.74) is 0.622. The molecule has 1 heterocycles. The Bertz CT molecular complexity index is 766. The van der Waals surface area contributed by atoms with E-state index in [1.54, 1.807) is 0 Å². The van der Waals surface area contributed by atoms with E-state index in [0.717, 1.165) is 22.2 Å². The van der Waals surface area contributed by atoms with Crippen molar-refractivity contribution in [3.63, 3.8) is 0 Å². The maximum Gasteiger partial charge on any atom is 0.257 e. The SMILES string of the molecule is CCc1nnc(NC(=O)c2ccc3ccccc3c2)s1. The Hall–Kier alpha value is -2.27. The molecule has 1 N–H and O–H groups in total. The Kier molecular flexibility index (Phi) is 3.43. The summed E-state index contributed by atoms with van der Waals surface area (Å²) in [6.07, 6.45) is 0.823. The summed E-state index contributed by atoms with van der Waals surface area (Å²) >= 11 is 1.41. The lowest BCUT2D eigenvalue weighted by atomic mass is 10.1. The molecule has 100 valence electrons. The number of hydrogen-bond acceptors (Lipinski definition) is 4. The second-order valence-corrected chi connectivity index (χ2v) is 5.43. The highest BCUT2D eigenvalue weighted by molar-refractivity contribution is 7.15. The summed E-state index contributed by atoms with van der Waals surface area (Å²) in [7, 11) is 0. The van der Waals surface area contributed by atoms with E-state index >= 15 is 0 Å². The highest BCUT2D eigenvalue weighted by Gasteiger charge is 2.10. The molecule has 0 unspecified atom stereocenters. The fraction of sp³-hybridized carbons (Fsp3) is 0.133. The molecule has 0 saturated carbocycles. The number of aryl methyl sites for hydroxylation is 1. The van der Waals surface area contributed by atoms with Crippen LogP contribution in [0.5, 0.6) is 0 Å². The number of hydrogen-bond donors (Lipinski definition) is 1. The van der Waals surface area contributed by atoms with Crippen molar-refractivity contribution >= 4 is 33.1 Å². The van der Waals surface area contributed by atoms with Crippen LogP contribution in [0.25, 0.3) is 10.8 Å². The summed E-state index contributed by atoms with van der Waals surface area (Å²) in [6.45, 7) is 2.01. The average Bonchev–Trinajstić information content (AvgIpc) is 2.94. The molecule has 1 amide bonds. The second kappa shape index (κ2) is 5.38. The van der Waals surface area contributed by atoms with Gasteiger partial charge in [-0.3, -0.25) is 10.1 Å². The number of nitrogens with one attached hydrogen (secondary N) is 1. The first kappa shape index (κ1) is 12.7. The molecule has 0 saturated heterocycles. The smallest absolute Gasteiger partial charge is 0.257 e. The zero-order valence-corrected chi connectivity index (χ0v) is 11.8. The fourth-order valence-electron chi connectivity index (χ4n) is 1.95. The number of carbonyl (C=O) groups is 1. The summed E-state index contributed by atoms with van der Waals surface area (Å²) < 4.78 is 0. The average molecular weight is 283 g/mol. The highest BCUT2D eigenvalue weighted by Crippen LogP contribution is 2.19. The van der Waals surface area contributed by atoms with Crippen molar-refractivity contribution in [2.24, 2.45) is 0 Å². The van der Waals surface area contributed by atoms with E-state index in [-0.39, 0.29) is 5.91 Å². The number of rotatable bonds is 3. The van der Waals surface area contributed by atoms with Gasteiger partial charge in [0, 0.05) is 5.56 Å². The monoisotopic (exact) mass is 283 g/mol. The molecule has 2 aromatic carbocycles. The van der Waals surface area contributed by atoms with Gasteiger partial charge in [0.1, 0.15) is 5.01 Å². The molecule has 3 aromatic rings. The lowest BCUT2D eigenvalue weighted by Gasteiger charge is -2.03. The van der Waals surface area contributed by atoms with Crippen molar-refractivity contribution in [2.45, 2.75) is 13.3 Å². The van der Waals surface area contributed by atoms with Gasteiger partial charge in [0.05, 0.1) is 0 Å². The first-order chi connectivity index (χ1) is 9.76. The Balaban J connectivity index is 1.84. The van der Waals surface area contributed by atoms with E-state index in [4.69, 9.17) is 0 Å². The summed E-state index contributed by atoms with van der Waals surface area (Å²) in [4.78, 5) is 12.2. The van der Waals surface area contributed by atoms with Crippen LogP contribution in [-0.4, -0.2) is 16.1 Å². The molecular weight excluding hydrogens is 270 g/mol. The van der Waals surface area contributed by atoms with Crippen LogP contribution >= 0.6 is 11.3 Å². The van der Waals surface area contributed by atoms with Crippen LogP contribution in [0.3, 0.4) is 0 Å². The predicted octanol–water partition coefficient (Wildman–Crippen LogP) is 3.51. The minimum Gasteiger partial charge on any atom is -0.296 e. The number of anilines is 1. The van der Waals surface area contributed by atoms with Gasteiger partial charge < -0.3 is 0 Å². The van der Waals surface area contributed by atoms with Gasteiger partial charge >= 0.3 is 0 Å². The largest absolute Gasteiger partial charge is 0.296 e. The van der Waals surface area contributed by atoms with E-state index < -0.39 is 0 Å². The minimum atomic E-state index is -0.158. The number of fused-ring (bicyclic) bond motifs is 1. The molecule has 0 radical (unpaired) electrons. The second-order valence-electron chi connectivity index (χ2n) is 4.37. The predicted molar refractivity (Wildman–Crippen MR) is 81.2 cm³/mol. The normalized spacial score (nSPS) is 10.7. The number of amides is 1. The molecule has 0 fully saturated rings. The van der Waals surface area contributed by atoms with Gasteiger partial charge in [-0.25, -0.2) is 0 Å². The summed E-state index contributed by atoms with van der Waals surface area (Å²) in [5.74, 6) is -0.158. The van der Waals surface area contributed by atoms with Crippen molar-refractivity contribution < 1.29 is 4.79 Å². The van der Waals surface area contributed by atoms with E-state index in [2.05, 4.69) is 15.5 Å². The quantitative estimate of drug-likeness (QED) is 0.800. The third-order valence-corrected chi connectivity index (χ3v) is 3.98. The topological polar surface area (TPSA) is 54.9 Å². The van der Waals surface area contributed by atoms with Gasteiger partial charge in [0.15, 0.2) is 0 Å². The Morgan fingerprint density at radius 3 is 2.70 bits per heavy atom. The lowest BCUT2D eigenvalue weighted by molar-refractivity contribution is 0.102. The molecule has 0 atom stereocenters. The van der Waals surface area contributed by atoms with Crippen molar-refractivity contribution in [2.75, 3.05) is 5.32 Å². The van der Waals surface area contributed by atoms with Gasteiger partial charge in [-0.05, 0) is 29.3 Å². The van der Waals surface area contributed by atoms with Crippen molar-refractivity contribution in [1.82, 2.24) is 10.2 Å². The molecule has 0 aliphatic carbocycles. The van der Waals surface area contributed by atoms with Gasteiger partial charge in [-0.2, -0.15) is 0 Å². The molecule has 5 heteroatoms. The first-order valence-corrected chi connectivity index (χ1v) is 7.20. The van der Waals surface area contributed by atoms with Gasteiger partial charge in [0.25, 0.3) is 5.91 Å². The third kappa shape index (κ3) is 2.53. The molecule has 4 nitrogen and oxygen atoms in total. The Morgan fingerprint density at radius 1 is 1.15 bits per heavy atom. The van der Waals surface area contributed by atoms with Gasteiger partial charge in [-0.1, -0.05) is 48.6 Å². The van der Waals surface area contributed by atoms with E-state index in [9.17, 15) is 4.79 Å². The first-order valence-electron chi connectivity index (χ1n) is 6.39. The number of carbonyl (C=O) groups excluding carboxylic acids is 1. The molecule has 0 spiro atoms. The minimum absolute atomic E-state index is 0.158. The van der Waals surface area contributed by atoms with Crippen LogP contribution in [0.4, 0.5) is 5.13 Å². The van der Waals surface area contributed by atoms with Crippen molar-refractivity contribution in [1.29, 1.82) is 0 Å². The van der Waals surface area contributed by atoms with Crippen LogP contribution in [0.15, 0.2) is 42.5 Å². The molecule has 0 aliphatic heterocycles. The maximum atomic E-state index is 12.2. The molecule has 0 bridgehead atoms. The Morgan fingerprint density at radius 2 is 1.95 bits per heavy atom. The number of benzene rings is 2. The van der Waals surface area contributed by atoms with E-state index in [1.165, 1.54) is 11.3 Å². The molecular formula is C15H13N3OS. The zero-order chi connectivity index (χ0) is 13.9. The lowest BCUT2D eigenvalue weighted by Crippen LogP contribution is -2.11. The maximum absolute atomic E-state index is 12.2. The van der Waals surface area contributed by atoms with Crippen LogP contribution < -0.4 is 5.32 Å². The van der Waals surface area contributed by atoms with E-state index in [0.29, 0.717) is 10.7 Å². The molecule has 20 heavy (non-hydrogen) atoms. The standard InChI is InChI=1S/C15H13N3OS/c1-2-13-17-18-15(20-13)16-14(19)12-8-7-10-5-3-4-6-11(10)9-12/h3-9H,2H2,1H3,(H,16,18,19). The molecule has 0 aliphatic rings. The number of nitrogens with zero attached hydrogens (tertiary/aromatic N) is 2. The third-order valence-electron chi connectivity index (χ3n) is 3.00. The zero-order valence-electron chi connectivity index (χ0n) is 11.0. The van der Waals surface area contributed by atoms with Gasteiger partial charge in [-0.15, -0.1) is 10.2 Å². The molecule has 1 aromatic heterocycles.